The van der Waals surface area contributed by atoms with Crippen LogP contribution in [-0.4, -0.2) is 37.0 Å². The van der Waals surface area contributed by atoms with Crippen molar-refractivity contribution in [3.63, 3.8) is 0 Å². The summed E-state index contributed by atoms with van der Waals surface area (Å²) in [5, 5.41) is 3.13. The molecule has 72 valence electrons. The second-order valence-corrected chi connectivity index (χ2v) is 3.15. The lowest BCUT2D eigenvalue weighted by molar-refractivity contribution is -0.127. The molecule has 1 N–H and O–H groups in total. The largest absolute Gasteiger partial charge is 0.337 e. The zero-order valence-corrected chi connectivity index (χ0v) is 8.16. The van der Waals surface area contributed by atoms with E-state index >= 15 is 0 Å². The van der Waals surface area contributed by atoms with Crippen LogP contribution in [0.5, 0.6) is 0 Å². The molecule has 1 fully saturated rings. The minimum absolute atomic E-state index is 0.0737. The van der Waals surface area contributed by atoms with Crippen molar-refractivity contribution in [1.82, 2.24) is 10.2 Å². The lowest BCUT2D eigenvalue weighted by Crippen LogP contribution is -2.57. The van der Waals surface area contributed by atoms with E-state index in [1.807, 2.05) is 26.1 Å². The van der Waals surface area contributed by atoms with Crippen molar-refractivity contribution in [3.8, 4) is 0 Å². The number of amides is 1. The quantitative estimate of drug-likeness (QED) is 0.508. The zero-order chi connectivity index (χ0) is 9.68. The van der Waals surface area contributed by atoms with Crippen LogP contribution in [0.3, 0.4) is 0 Å². The number of hydrogen-bond acceptors (Lipinski definition) is 2. The third-order valence-electron chi connectivity index (χ3n) is 2.20. The number of likely N-dealkylation sites (N-methyl/N-ethyl adjacent to an activating group) is 1. The summed E-state index contributed by atoms with van der Waals surface area (Å²) in [5.41, 5.74) is 0. The molecule has 1 heterocycles. The standard InChI is InChI=1S/C10H16N2O/c1-3-4-5-6-10(13)12(2)9-7-11-8-9/h3-6,9,11H,7-8H2,1-2H3. The summed E-state index contributed by atoms with van der Waals surface area (Å²) in [6.45, 7) is 3.76. The molecule has 0 aromatic rings. The van der Waals surface area contributed by atoms with E-state index in [0.29, 0.717) is 6.04 Å². The van der Waals surface area contributed by atoms with Crippen molar-refractivity contribution >= 4 is 5.91 Å². The maximum atomic E-state index is 11.4. The molecule has 0 spiro atoms. The second-order valence-electron chi connectivity index (χ2n) is 3.15. The van der Waals surface area contributed by atoms with Gasteiger partial charge in [-0.1, -0.05) is 18.2 Å². The minimum atomic E-state index is 0.0737. The summed E-state index contributed by atoms with van der Waals surface area (Å²) in [5.74, 6) is 0.0737. The van der Waals surface area contributed by atoms with Crippen LogP contribution >= 0.6 is 0 Å². The van der Waals surface area contributed by atoms with Gasteiger partial charge < -0.3 is 10.2 Å². The van der Waals surface area contributed by atoms with Crippen LogP contribution in [0.4, 0.5) is 0 Å². The van der Waals surface area contributed by atoms with Gasteiger partial charge in [0, 0.05) is 26.2 Å². The highest BCUT2D eigenvalue weighted by molar-refractivity contribution is 5.88. The van der Waals surface area contributed by atoms with E-state index < -0.39 is 0 Å². The Balaban J connectivity index is 2.37. The Hall–Kier alpha value is -1.09. The van der Waals surface area contributed by atoms with Gasteiger partial charge >= 0.3 is 0 Å². The average molecular weight is 180 g/mol. The van der Waals surface area contributed by atoms with Gasteiger partial charge in [-0.2, -0.15) is 0 Å². The lowest BCUT2D eigenvalue weighted by Gasteiger charge is -2.34. The van der Waals surface area contributed by atoms with Gasteiger partial charge in [0.2, 0.25) is 5.91 Å². The van der Waals surface area contributed by atoms with E-state index in [1.165, 1.54) is 0 Å². The summed E-state index contributed by atoms with van der Waals surface area (Å²) in [6, 6.07) is 0.378. The van der Waals surface area contributed by atoms with Crippen molar-refractivity contribution in [2.45, 2.75) is 13.0 Å². The monoisotopic (exact) mass is 180 g/mol. The highest BCUT2D eigenvalue weighted by atomic mass is 16.2. The molecule has 0 aromatic carbocycles. The first-order valence-electron chi connectivity index (χ1n) is 4.52. The number of hydrogen-bond donors (Lipinski definition) is 1. The number of carbonyl (C=O) groups is 1. The van der Waals surface area contributed by atoms with Gasteiger partial charge in [-0.3, -0.25) is 4.79 Å². The molecular weight excluding hydrogens is 164 g/mol. The Labute approximate surface area is 79.1 Å². The van der Waals surface area contributed by atoms with Crippen LogP contribution in [-0.2, 0) is 4.79 Å². The number of nitrogens with zero attached hydrogens (tertiary/aromatic N) is 1. The Morgan fingerprint density at radius 3 is 2.62 bits per heavy atom. The number of rotatable bonds is 3. The van der Waals surface area contributed by atoms with Gasteiger partial charge in [0.1, 0.15) is 0 Å². The van der Waals surface area contributed by atoms with E-state index in [0.717, 1.165) is 13.1 Å². The van der Waals surface area contributed by atoms with Crippen molar-refractivity contribution in [2.75, 3.05) is 20.1 Å². The van der Waals surface area contributed by atoms with Gasteiger partial charge in [0.25, 0.3) is 0 Å². The molecule has 0 unspecified atom stereocenters. The molecule has 1 aliphatic heterocycles. The van der Waals surface area contributed by atoms with Crippen molar-refractivity contribution in [3.05, 3.63) is 24.3 Å². The molecule has 0 aromatic heterocycles. The normalized spacial score (nSPS) is 18.0. The molecule has 3 heteroatoms. The summed E-state index contributed by atoms with van der Waals surface area (Å²) >= 11 is 0. The van der Waals surface area contributed by atoms with Crippen LogP contribution < -0.4 is 5.32 Å². The number of allylic oxidation sites excluding steroid dienone is 3. The van der Waals surface area contributed by atoms with Gasteiger partial charge in [0.15, 0.2) is 0 Å². The third-order valence-corrected chi connectivity index (χ3v) is 2.20. The average Bonchev–Trinajstić information content (AvgIpc) is 2.01. The highest BCUT2D eigenvalue weighted by Crippen LogP contribution is 2.02. The first-order chi connectivity index (χ1) is 6.25. The van der Waals surface area contributed by atoms with E-state index in [-0.39, 0.29) is 5.91 Å². The summed E-state index contributed by atoms with van der Waals surface area (Å²) in [6.07, 6.45) is 7.11. The zero-order valence-electron chi connectivity index (χ0n) is 8.16. The van der Waals surface area contributed by atoms with Crippen molar-refractivity contribution in [1.29, 1.82) is 0 Å². The summed E-state index contributed by atoms with van der Waals surface area (Å²) in [7, 11) is 1.84. The smallest absolute Gasteiger partial charge is 0.246 e. The van der Waals surface area contributed by atoms with E-state index in [1.54, 1.807) is 17.1 Å². The van der Waals surface area contributed by atoms with Crippen LogP contribution in [0.15, 0.2) is 24.3 Å². The molecule has 0 aliphatic carbocycles. The molecule has 1 saturated heterocycles. The Kier molecular flexibility index (Phi) is 3.71. The van der Waals surface area contributed by atoms with Gasteiger partial charge in [0.05, 0.1) is 6.04 Å². The maximum absolute atomic E-state index is 11.4. The van der Waals surface area contributed by atoms with Crippen molar-refractivity contribution < 1.29 is 4.79 Å². The van der Waals surface area contributed by atoms with Crippen molar-refractivity contribution in [2.24, 2.45) is 0 Å². The second kappa shape index (κ2) is 4.82. The van der Waals surface area contributed by atoms with Crippen LogP contribution in [0.2, 0.25) is 0 Å². The molecule has 0 radical (unpaired) electrons. The fourth-order valence-corrected chi connectivity index (χ4v) is 1.09. The molecule has 3 nitrogen and oxygen atoms in total. The topological polar surface area (TPSA) is 32.3 Å². The molecule has 13 heavy (non-hydrogen) atoms. The Morgan fingerprint density at radius 1 is 1.46 bits per heavy atom. The minimum Gasteiger partial charge on any atom is -0.337 e. The lowest BCUT2D eigenvalue weighted by atomic mass is 10.1. The molecular formula is C10H16N2O. The van der Waals surface area contributed by atoms with Gasteiger partial charge in [-0.05, 0) is 6.92 Å². The Bertz CT molecular complexity index is 229. The van der Waals surface area contributed by atoms with Crippen LogP contribution in [0, 0.1) is 0 Å². The summed E-state index contributed by atoms with van der Waals surface area (Å²) < 4.78 is 0. The molecule has 0 saturated carbocycles. The SMILES string of the molecule is CC=CC=CC(=O)N(C)C1CNC1. The Morgan fingerprint density at radius 2 is 2.15 bits per heavy atom. The number of carbonyl (C=O) groups excluding carboxylic acids is 1. The predicted molar refractivity (Wildman–Crippen MR) is 53.4 cm³/mol. The van der Waals surface area contributed by atoms with Crippen LogP contribution in [0.1, 0.15) is 6.92 Å². The molecule has 0 atom stereocenters. The molecule has 1 amide bonds. The van der Waals surface area contributed by atoms with Crippen LogP contribution in [0.25, 0.3) is 0 Å². The molecule has 1 rings (SSSR count). The number of nitrogens with one attached hydrogen (secondary N) is 1. The maximum Gasteiger partial charge on any atom is 0.246 e. The van der Waals surface area contributed by atoms with E-state index in [4.69, 9.17) is 0 Å². The first kappa shape index (κ1) is 9.99. The van der Waals surface area contributed by atoms with E-state index in [9.17, 15) is 4.79 Å². The third kappa shape index (κ3) is 2.70. The van der Waals surface area contributed by atoms with E-state index in [2.05, 4.69) is 5.32 Å². The predicted octanol–water partition coefficient (Wildman–Crippen LogP) is 0.549. The molecule has 0 bridgehead atoms. The van der Waals surface area contributed by atoms with Gasteiger partial charge in [-0.25, -0.2) is 0 Å². The van der Waals surface area contributed by atoms with Gasteiger partial charge in [-0.15, -0.1) is 0 Å². The first-order valence-corrected chi connectivity index (χ1v) is 4.52. The fraction of sp³-hybridized carbons (Fsp3) is 0.500. The highest BCUT2D eigenvalue weighted by Gasteiger charge is 2.23. The fourth-order valence-electron chi connectivity index (χ4n) is 1.09. The summed E-state index contributed by atoms with van der Waals surface area (Å²) in [4.78, 5) is 13.2. The molecule has 1 aliphatic rings.